The second kappa shape index (κ2) is 29.7. The molecule has 5 N–H and O–H groups in total. The summed E-state index contributed by atoms with van der Waals surface area (Å²) in [6.45, 7) is -7.01. The fourth-order valence-corrected chi connectivity index (χ4v) is 8.79. The van der Waals surface area contributed by atoms with Gasteiger partial charge >= 0.3 is 49.5 Å². The van der Waals surface area contributed by atoms with Gasteiger partial charge in [-0.1, -0.05) is 23.7 Å². The fourth-order valence-electron chi connectivity index (χ4n) is 6.19. The van der Waals surface area contributed by atoms with Crippen LogP contribution in [0.2, 0.25) is 5.02 Å². The van der Waals surface area contributed by atoms with Crippen molar-refractivity contribution in [3.05, 3.63) is 111 Å². The van der Waals surface area contributed by atoms with Crippen LogP contribution in [0.5, 0.6) is 23.5 Å². The van der Waals surface area contributed by atoms with Crippen LogP contribution in [0.3, 0.4) is 0 Å². The molecule has 84 heavy (non-hydrogen) atoms. The minimum atomic E-state index is -4.71. The monoisotopic (exact) mass is 1280 g/mol. The molecule has 0 spiro atoms. The largest absolute Gasteiger partial charge is 0.481 e. The summed E-state index contributed by atoms with van der Waals surface area (Å²) >= 11 is 11.9. The van der Waals surface area contributed by atoms with E-state index >= 15 is 0 Å². The number of carbonyl (C=O) groups is 5. The molecule has 6 aromatic rings. The van der Waals surface area contributed by atoms with E-state index in [2.05, 4.69) is 44.8 Å². The number of urea groups is 2. The van der Waals surface area contributed by atoms with Crippen molar-refractivity contribution in [2.45, 2.75) is 55.3 Å². The van der Waals surface area contributed by atoms with E-state index in [9.17, 15) is 76.3 Å². The number of carboxylic acids is 1. The van der Waals surface area contributed by atoms with Crippen molar-refractivity contribution in [2.75, 3.05) is 45.6 Å². The number of aryl methyl sites for hydroxylation is 1. The first-order valence-electron chi connectivity index (χ1n) is 22.5. The molecule has 454 valence electrons. The minimum absolute atomic E-state index is 0.0424. The maximum absolute atomic E-state index is 14.2. The second-order valence-corrected chi connectivity index (χ2v) is 19.8. The van der Waals surface area contributed by atoms with E-state index in [1.165, 1.54) is 81.4 Å². The van der Waals surface area contributed by atoms with E-state index in [-0.39, 0.29) is 63.0 Å². The average Bonchev–Trinajstić information content (AvgIpc) is 3.57. The van der Waals surface area contributed by atoms with Gasteiger partial charge < -0.3 is 33.7 Å². The van der Waals surface area contributed by atoms with Gasteiger partial charge in [0.1, 0.15) is 21.8 Å². The Bertz CT molecular complexity index is 3640. The van der Waals surface area contributed by atoms with Gasteiger partial charge in [0.2, 0.25) is 35.4 Å². The molecule has 29 nitrogen and oxygen atoms in total. The number of carbonyl (C=O) groups excluding carboxylic acids is 4. The molecule has 0 saturated heterocycles. The Morgan fingerprint density at radius 1 is 0.762 bits per heavy atom. The number of aromatic carboxylic acids is 1. The topological polar surface area (TPSA) is 376 Å². The molecular weight excluding hydrogens is 1230 g/mol. The summed E-state index contributed by atoms with van der Waals surface area (Å²) in [4.78, 5) is 89.5. The summed E-state index contributed by atoms with van der Waals surface area (Å²) < 4.78 is 165. The number of aromatic nitrogens is 8. The number of pyridine rings is 1. The summed E-state index contributed by atoms with van der Waals surface area (Å²) in [7, 11) is -3.56. The number of anilines is 2. The van der Waals surface area contributed by atoms with Crippen LogP contribution < -0.4 is 44.7 Å². The minimum Gasteiger partial charge on any atom is -0.481 e. The van der Waals surface area contributed by atoms with Gasteiger partial charge in [-0.25, -0.2) is 51.0 Å². The van der Waals surface area contributed by atoms with Crippen LogP contribution in [-0.4, -0.2) is 150 Å². The van der Waals surface area contributed by atoms with Crippen molar-refractivity contribution in [2.24, 2.45) is 0 Å². The predicted octanol–water partition coefficient (Wildman–Crippen LogP) is 5.23. The summed E-state index contributed by atoms with van der Waals surface area (Å²) in [5.41, 5.74) is -2.20. The van der Waals surface area contributed by atoms with Crippen LogP contribution in [0, 0.1) is 12.7 Å². The number of sulfonamides is 2. The summed E-state index contributed by atoms with van der Waals surface area (Å²) in [5, 5.41) is 14.8. The van der Waals surface area contributed by atoms with E-state index in [0.29, 0.717) is 10.7 Å². The molecule has 6 rings (SSSR count). The molecule has 0 radical (unpaired) electrons. The molecule has 1 unspecified atom stereocenters. The molecule has 0 saturated carbocycles. The highest BCUT2D eigenvalue weighted by molar-refractivity contribution is 7.90. The Morgan fingerprint density at radius 2 is 1.27 bits per heavy atom. The van der Waals surface area contributed by atoms with Crippen LogP contribution in [0.4, 0.5) is 52.2 Å². The lowest BCUT2D eigenvalue weighted by atomic mass is 10.1. The van der Waals surface area contributed by atoms with Gasteiger partial charge in [-0.3, -0.25) is 20.2 Å². The smallest absolute Gasteiger partial charge is 0.388 e. The third kappa shape index (κ3) is 18.7. The van der Waals surface area contributed by atoms with Gasteiger partial charge in [0.25, 0.3) is 26.0 Å². The van der Waals surface area contributed by atoms with E-state index < -0.39 is 120 Å². The number of nitrogens with zero attached hydrogens (tertiary/aromatic N) is 9. The highest BCUT2D eigenvalue weighted by Crippen LogP contribution is 2.27. The van der Waals surface area contributed by atoms with Crippen LogP contribution >= 0.6 is 23.2 Å². The molecule has 1 atom stereocenters. The van der Waals surface area contributed by atoms with Crippen LogP contribution in [0.15, 0.2) is 81.6 Å². The van der Waals surface area contributed by atoms with Crippen molar-refractivity contribution in [3.63, 3.8) is 0 Å². The van der Waals surface area contributed by atoms with Gasteiger partial charge in [0.05, 0.1) is 44.1 Å². The highest BCUT2D eigenvalue weighted by Gasteiger charge is 2.29. The first-order chi connectivity index (χ1) is 39.3. The molecular formula is C44H42Cl2F7N13O16S2. The van der Waals surface area contributed by atoms with E-state index in [1.807, 2.05) is 0 Å². The van der Waals surface area contributed by atoms with Crippen LogP contribution in [0.25, 0.3) is 5.69 Å². The van der Waals surface area contributed by atoms with Crippen molar-refractivity contribution in [3.8, 4) is 29.2 Å². The number of benzene rings is 2. The van der Waals surface area contributed by atoms with Crippen molar-refractivity contribution in [1.82, 2.24) is 53.6 Å². The third-order valence-electron chi connectivity index (χ3n) is 9.63. The molecule has 4 heterocycles. The first-order valence-corrected chi connectivity index (χ1v) is 26.3. The van der Waals surface area contributed by atoms with Gasteiger partial charge in [-0.15, -0.1) is 16.7 Å². The zero-order valence-electron chi connectivity index (χ0n) is 43.4. The Morgan fingerprint density at radius 3 is 1.76 bits per heavy atom. The van der Waals surface area contributed by atoms with Crippen LogP contribution in [-0.2, 0) is 36.0 Å². The first kappa shape index (κ1) is 67.3. The molecule has 2 aromatic carbocycles. The quantitative estimate of drug-likeness (QED) is 0.0371. The number of hydrogen-bond donors (Lipinski definition) is 5. The Balaban J connectivity index is 0.000000271. The van der Waals surface area contributed by atoms with Crippen molar-refractivity contribution in [1.29, 1.82) is 0 Å². The number of methoxy groups -OCH3 is 2. The molecule has 40 heteroatoms. The van der Waals surface area contributed by atoms with Gasteiger partial charge in [-0.05, 0) is 55.8 Å². The third-order valence-corrected chi connectivity index (χ3v) is 13.0. The number of nitrogens with one attached hydrogen (secondary N) is 4. The summed E-state index contributed by atoms with van der Waals surface area (Å²) in [6.07, 6.45) is 1.07. The molecule has 0 aliphatic carbocycles. The Labute approximate surface area is 478 Å². The number of amides is 5. The predicted molar refractivity (Wildman–Crippen MR) is 274 cm³/mol. The number of carboxylic acid groups (broad SMARTS) is 1. The van der Waals surface area contributed by atoms with Crippen molar-refractivity contribution < 1.29 is 100 Å². The Kier molecular flexibility index (Phi) is 23.8. The second-order valence-electron chi connectivity index (χ2n) is 15.6. The average molecular weight is 1280 g/mol. The molecule has 0 fully saturated rings. The number of hydrogen-bond acceptors (Lipinski definition) is 21. The standard InChI is InChI=1S/C15H14Cl2F3N3O3.C15H18N6O6S.C14H10F4N4O7S/c1-3-26-13(24)10(17)4-8-5-12(11(18)6-9(8)16)23-15(25)22(14(19)20)7(2)21-23;1-21(2)13(22)9-6-5-7-16-12(9)28(24,25)20-15(23)19-14-17-10(26-3)8-11(18-14)27-4;15-11(16)28-8-5-9(29-12(17)18)20-13(19-8)21-14(25)22-30(26,27)7-4-2-1-3-6(7)10(23)24/h5-6,10,14H,3-4H2,1-2H3;5-8H,1-4H3,(H2,17,18,19,20,23);1-5,11-12H,(H,23,24)(H2,19,20,21,22,25). The molecule has 0 aliphatic heterocycles. The number of ether oxygens (including phenoxy) is 5. The van der Waals surface area contributed by atoms with E-state index in [4.69, 9.17) is 42.5 Å². The van der Waals surface area contributed by atoms with E-state index in [0.717, 1.165) is 24.3 Å². The SMILES string of the molecule is CCOC(=O)C(Cl)Cc1cc(-n2nc(C)n(C(F)F)c2=O)c(F)cc1Cl.COc1cc(OC)nc(NC(=O)NS(=O)(=O)c2ncccc2C(=O)N(C)C)n1.O=C(Nc1nc(OC(F)F)cc(OC(F)F)n1)NS(=O)(=O)c1ccccc1C(=O)O. The lowest BCUT2D eigenvalue weighted by molar-refractivity contribution is -0.142. The number of esters is 1. The summed E-state index contributed by atoms with van der Waals surface area (Å²) in [5.74, 6) is -7.04. The zero-order chi connectivity index (χ0) is 63.0. The maximum Gasteiger partial charge on any atom is 0.388 e. The van der Waals surface area contributed by atoms with Crippen LogP contribution in [0.1, 0.15) is 45.6 Å². The maximum atomic E-state index is 14.2. The van der Waals surface area contributed by atoms with Gasteiger partial charge in [-0.2, -0.15) is 59.4 Å². The van der Waals surface area contributed by atoms with Gasteiger partial charge in [0.15, 0.2) is 10.8 Å². The molecule has 4 aromatic heterocycles. The molecule has 0 aliphatic rings. The van der Waals surface area contributed by atoms with Gasteiger partial charge in [0, 0.05) is 31.7 Å². The fraction of sp³-hybridized carbons (Fsp3) is 0.273. The normalized spacial score (nSPS) is 11.5. The Hall–Kier alpha value is -9.17. The highest BCUT2D eigenvalue weighted by atomic mass is 35.5. The molecule has 0 bridgehead atoms. The number of halogens is 9. The van der Waals surface area contributed by atoms with E-state index in [1.54, 1.807) is 17.0 Å². The molecule has 5 amide bonds. The summed E-state index contributed by atoms with van der Waals surface area (Å²) in [6, 6.07) is 8.16. The lowest BCUT2D eigenvalue weighted by Gasteiger charge is -2.14. The number of alkyl halides is 7. The van der Waals surface area contributed by atoms with Crippen molar-refractivity contribution >= 4 is 85.1 Å². The number of rotatable bonds is 20. The lowest BCUT2D eigenvalue weighted by Crippen LogP contribution is -2.36. The zero-order valence-corrected chi connectivity index (χ0v) is 46.5.